The average Bonchev–Trinajstić information content (AvgIpc) is 3.27. The minimum Gasteiger partial charge on any atom is -0.493 e. The number of aryl methyl sites for hydroxylation is 1. The van der Waals surface area contributed by atoms with Gasteiger partial charge in [-0.3, -0.25) is 14.0 Å². The molecule has 3 aromatic carbocycles. The molecule has 6 atom stereocenters. The third-order valence-electron chi connectivity index (χ3n) is 12.7. The number of hydrogen-bond acceptors (Lipinski definition) is 11. The Morgan fingerprint density at radius 1 is 0.677 bits per heavy atom. The fourth-order valence-corrected chi connectivity index (χ4v) is 10.7. The van der Waals surface area contributed by atoms with Gasteiger partial charge in [0.1, 0.15) is 13.3 Å². The van der Waals surface area contributed by atoms with Gasteiger partial charge in [-0.25, -0.2) is 8.78 Å². The van der Waals surface area contributed by atoms with Crippen LogP contribution in [0.1, 0.15) is 108 Å². The second kappa shape index (κ2) is 26.1. The topological polar surface area (TPSA) is 116 Å². The normalized spacial score (nSPS) is 22.5. The first-order chi connectivity index (χ1) is 30.2. The summed E-state index contributed by atoms with van der Waals surface area (Å²) in [7, 11) is 2.94. The number of hydrogen-bond donors (Lipinski definition) is 1. The Labute approximate surface area is 390 Å². The van der Waals surface area contributed by atoms with Gasteiger partial charge in [0, 0.05) is 38.3 Å². The van der Waals surface area contributed by atoms with E-state index in [9.17, 15) is 22.3 Å². The van der Waals surface area contributed by atoms with Gasteiger partial charge in [-0.05, 0) is 128 Å². The molecule has 0 bridgehead atoms. The van der Waals surface area contributed by atoms with Crippen LogP contribution in [0.2, 0.25) is 0 Å². The van der Waals surface area contributed by atoms with Crippen molar-refractivity contribution in [1.82, 2.24) is 9.80 Å². The van der Waals surface area contributed by atoms with Gasteiger partial charge in [-0.15, -0.1) is 0 Å². The molecule has 0 amide bonds. The molecule has 0 radical (unpaired) electrons. The Bertz CT molecular complexity index is 2000. The molecule has 65 heavy (non-hydrogen) atoms. The molecule has 2 saturated heterocycles. The average molecular weight is 933 g/mol. The highest BCUT2D eigenvalue weighted by Crippen LogP contribution is 2.45. The molecule has 4 heterocycles. The molecule has 368 valence electrons. The summed E-state index contributed by atoms with van der Waals surface area (Å²) in [4.78, 5) is 5.18. The number of fused-ring (bicyclic) bond motifs is 6. The third kappa shape index (κ3) is 14.5. The van der Waals surface area contributed by atoms with Crippen LogP contribution in [0, 0.1) is 30.6 Å². The Kier molecular flexibility index (Phi) is 22.4. The summed E-state index contributed by atoms with van der Waals surface area (Å²) in [6.45, 7) is 13.5. The zero-order valence-electron chi connectivity index (χ0n) is 38.9. The second-order valence-corrected chi connectivity index (χ2v) is 19.6. The number of ether oxygens (including phenoxy) is 5. The standard InChI is InChI=1S/C21H32FNO3.C19H29NO3.C9H11FO3S.2CH4/c1-14(2)9-16-13-23-7-5-15-10-20(24-3)21(25-4)11-17(15)18(23)12-19(16)26-8-6-22;1-12(2)7-14-11-20-6-5-13-8-18(22-3)19(23-4)9-15(13)16(20)10-17(14)21;1-8-2-4-9(5-3-8)14(11,12)13-7-6-10;;/h10-11,14,16,18-19H,5-9,12-13H2,1-4H3;8-9,12,14,16-17,21H,5-7,10-11H2,1-4H3;2-5H,6-7H2,1H3;2*1H4/t16-,18-,19-;14-,16-,17-;;;/m11.../s1/i22-1;;10-1;;. The van der Waals surface area contributed by atoms with E-state index in [-0.39, 0.29) is 38.6 Å². The minimum absolute atomic E-state index is 0. The summed E-state index contributed by atoms with van der Waals surface area (Å²) in [5.41, 5.74) is 6.23. The van der Waals surface area contributed by atoms with Crippen LogP contribution in [0.3, 0.4) is 0 Å². The molecular weight excluding hydrogens is 853 g/mol. The molecule has 0 aliphatic carbocycles. The first kappa shape index (κ1) is 55.8. The highest BCUT2D eigenvalue weighted by Gasteiger charge is 2.41. The molecule has 11 nitrogen and oxygen atoms in total. The highest BCUT2D eigenvalue weighted by molar-refractivity contribution is 7.86. The lowest BCUT2D eigenvalue weighted by atomic mass is 9.79. The summed E-state index contributed by atoms with van der Waals surface area (Å²) in [5.74, 6) is 5.27. The first-order valence-corrected chi connectivity index (χ1v) is 23.9. The summed E-state index contributed by atoms with van der Waals surface area (Å²) >= 11 is 0. The molecule has 1 N–H and O–H groups in total. The van der Waals surface area contributed by atoms with Crippen LogP contribution in [-0.2, 0) is 31.9 Å². The lowest BCUT2D eigenvalue weighted by molar-refractivity contribution is -0.0665. The fraction of sp³-hybridized carbons (Fsp3) is 0.647. The molecule has 0 aromatic heterocycles. The van der Waals surface area contributed by atoms with E-state index >= 15 is 0 Å². The van der Waals surface area contributed by atoms with Crippen LogP contribution >= 0.6 is 0 Å². The van der Waals surface area contributed by atoms with E-state index in [1.807, 2.05) is 6.92 Å². The maximum absolute atomic E-state index is 12.7. The Morgan fingerprint density at radius 2 is 1.12 bits per heavy atom. The van der Waals surface area contributed by atoms with Gasteiger partial charge in [0.15, 0.2) is 23.0 Å². The van der Waals surface area contributed by atoms with Crippen molar-refractivity contribution in [2.45, 2.75) is 117 Å². The fourth-order valence-electron chi connectivity index (χ4n) is 9.81. The van der Waals surface area contributed by atoms with E-state index in [1.165, 1.54) is 34.4 Å². The maximum Gasteiger partial charge on any atom is 0.297 e. The number of benzene rings is 3. The Morgan fingerprint density at radius 3 is 1.58 bits per heavy atom. The predicted molar refractivity (Wildman–Crippen MR) is 256 cm³/mol. The number of methoxy groups -OCH3 is 4. The second-order valence-electron chi connectivity index (χ2n) is 18.0. The SMILES string of the molecule is C.C.COc1cc2c(cc1OC)[C@H]1C[C@@H](O)[C@H](CC(C)C)CN1CC2.COc1cc2c(cc1OC)[C@H]1C[C@@H](OCC[18F])[C@H](CC(C)C)CN1CC2.Cc1ccc(S(=O)(=O)OCC[18F])cc1. The number of rotatable bonds is 15. The number of aliphatic hydroxyl groups excluding tert-OH is 1. The smallest absolute Gasteiger partial charge is 0.297 e. The van der Waals surface area contributed by atoms with Crippen LogP contribution in [0.15, 0.2) is 53.4 Å². The molecule has 4 aliphatic rings. The first-order valence-electron chi connectivity index (χ1n) is 22.5. The van der Waals surface area contributed by atoms with Crippen molar-refractivity contribution in [2.75, 3.05) is 81.2 Å². The van der Waals surface area contributed by atoms with E-state index in [4.69, 9.17) is 23.7 Å². The molecule has 7 rings (SSSR count). The third-order valence-corrected chi connectivity index (χ3v) is 14.1. The highest BCUT2D eigenvalue weighted by atomic mass is 32.2. The molecule has 4 aliphatic heterocycles. The summed E-state index contributed by atoms with van der Waals surface area (Å²) < 4.78 is 79.3. The number of piperidine rings is 2. The van der Waals surface area contributed by atoms with Crippen LogP contribution < -0.4 is 18.9 Å². The largest absolute Gasteiger partial charge is 0.493 e. The van der Waals surface area contributed by atoms with Crippen LogP contribution in [-0.4, -0.2) is 117 Å². The molecule has 0 saturated carbocycles. The van der Waals surface area contributed by atoms with Crippen LogP contribution in [0.5, 0.6) is 23.0 Å². The number of nitrogens with zero attached hydrogens (tertiary/aromatic N) is 2. The van der Waals surface area contributed by atoms with Gasteiger partial charge in [0.25, 0.3) is 10.1 Å². The molecule has 2 fully saturated rings. The van der Waals surface area contributed by atoms with Crippen LogP contribution in [0.4, 0.5) is 8.78 Å². The van der Waals surface area contributed by atoms with Crippen molar-refractivity contribution in [3.63, 3.8) is 0 Å². The van der Waals surface area contributed by atoms with Crippen molar-refractivity contribution < 1.29 is 50.2 Å². The molecule has 0 spiro atoms. The van der Waals surface area contributed by atoms with Crippen LogP contribution in [0.25, 0.3) is 0 Å². The van der Waals surface area contributed by atoms with Gasteiger partial charge in [-0.1, -0.05) is 60.2 Å². The zero-order chi connectivity index (χ0) is 45.8. The lowest BCUT2D eigenvalue weighted by Crippen LogP contribution is -2.49. The van der Waals surface area contributed by atoms with Gasteiger partial charge < -0.3 is 28.8 Å². The Balaban J connectivity index is 0.000000266. The van der Waals surface area contributed by atoms with Gasteiger partial charge in [-0.2, -0.15) is 8.42 Å². The van der Waals surface area contributed by atoms with E-state index in [0.717, 1.165) is 93.3 Å². The monoisotopic (exact) mass is 933 g/mol. The van der Waals surface area contributed by atoms with Crippen molar-refractivity contribution in [1.29, 1.82) is 0 Å². The van der Waals surface area contributed by atoms with E-state index < -0.39 is 30.1 Å². The number of aliphatic hydroxyl groups is 1. The zero-order valence-corrected chi connectivity index (χ0v) is 39.7. The summed E-state index contributed by atoms with van der Waals surface area (Å²) in [6.07, 6.45) is 5.93. The quantitative estimate of drug-likeness (QED) is 0.147. The van der Waals surface area contributed by atoms with E-state index in [2.05, 4.69) is 65.9 Å². The minimum atomic E-state index is -3.78. The van der Waals surface area contributed by atoms with Crippen molar-refractivity contribution in [2.24, 2.45) is 23.7 Å². The molecular formula is C51H80F2N2O9S. The van der Waals surface area contributed by atoms with Gasteiger partial charge >= 0.3 is 0 Å². The Hall–Kier alpha value is -3.53. The summed E-state index contributed by atoms with van der Waals surface area (Å²) in [6, 6.07) is 15.3. The molecule has 14 heteroatoms. The van der Waals surface area contributed by atoms with Gasteiger partial charge in [0.05, 0.1) is 58.8 Å². The number of halogens is 2. The van der Waals surface area contributed by atoms with Crippen molar-refractivity contribution in [3.05, 3.63) is 76.3 Å². The van der Waals surface area contributed by atoms with Crippen molar-refractivity contribution in [3.8, 4) is 23.0 Å². The predicted octanol–water partition coefficient (Wildman–Crippen LogP) is 10.00. The van der Waals surface area contributed by atoms with Gasteiger partial charge in [0.2, 0.25) is 0 Å². The van der Waals surface area contributed by atoms with E-state index in [1.54, 1.807) is 40.6 Å². The molecule has 0 unspecified atom stereocenters. The lowest BCUT2D eigenvalue weighted by Gasteiger charge is -2.47. The maximum atomic E-state index is 12.7. The van der Waals surface area contributed by atoms with E-state index in [0.29, 0.717) is 35.8 Å². The number of alkyl halides is 2. The molecule has 3 aromatic rings. The van der Waals surface area contributed by atoms with Crippen molar-refractivity contribution >= 4 is 10.1 Å². The summed E-state index contributed by atoms with van der Waals surface area (Å²) in [5, 5.41) is 10.6.